The van der Waals surface area contributed by atoms with Crippen LogP contribution >= 0.6 is 0 Å². The Labute approximate surface area is 107 Å². The van der Waals surface area contributed by atoms with Gasteiger partial charge in [-0.25, -0.2) is 0 Å². The van der Waals surface area contributed by atoms with Crippen molar-refractivity contribution in [1.82, 2.24) is 4.98 Å². The van der Waals surface area contributed by atoms with Crippen LogP contribution in [-0.2, 0) is 0 Å². The van der Waals surface area contributed by atoms with Gasteiger partial charge in [0, 0.05) is 31.2 Å². The van der Waals surface area contributed by atoms with Gasteiger partial charge in [0.15, 0.2) is 0 Å². The van der Waals surface area contributed by atoms with Crippen molar-refractivity contribution in [2.24, 2.45) is 11.8 Å². The van der Waals surface area contributed by atoms with E-state index < -0.39 is 0 Å². The van der Waals surface area contributed by atoms with Crippen molar-refractivity contribution in [2.75, 3.05) is 18.0 Å². The third-order valence-corrected chi connectivity index (χ3v) is 4.20. The van der Waals surface area contributed by atoms with E-state index in [1.54, 1.807) is 0 Å². The Kier molecular flexibility index (Phi) is 2.16. The van der Waals surface area contributed by atoms with Crippen molar-refractivity contribution in [2.45, 2.75) is 6.42 Å². The molecule has 4 rings (SSSR count). The molecule has 2 aromatic rings. The van der Waals surface area contributed by atoms with Crippen molar-refractivity contribution in [3.63, 3.8) is 0 Å². The van der Waals surface area contributed by atoms with Gasteiger partial charge in [-0.1, -0.05) is 12.1 Å². The van der Waals surface area contributed by atoms with Crippen LogP contribution in [0.1, 0.15) is 6.42 Å². The van der Waals surface area contributed by atoms with Crippen molar-refractivity contribution < 1.29 is 0 Å². The molecule has 1 aromatic carbocycles. The predicted octanol–water partition coefficient (Wildman–Crippen LogP) is 3.20. The minimum atomic E-state index is 0.981. The molecule has 2 nitrogen and oxygen atoms in total. The lowest BCUT2D eigenvalue weighted by molar-refractivity contribution is 0.820. The summed E-state index contributed by atoms with van der Waals surface area (Å²) in [5.41, 5.74) is 3.91. The van der Waals surface area contributed by atoms with Gasteiger partial charge in [-0.05, 0) is 53.6 Å². The summed E-state index contributed by atoms with van der Waals surface area (Å²) in [6.07, 6.45) is 5.17. The van der Waals surface area contributed by atoms with Gasteiger partial charge >= 0.3 is 0 Å². The van der Waals surface area contributed by atoms with Crippen molar-refractivity contribution in [1.29, 1.82) is 0 Å². The molecule has 1 saturated carbocycles. The number of rotatable bonds is 2. The number of pyridine rings is 1. The zero-order valence-electron chi connectivity index (χ0n) is 10.3. The number of hydrogen-bond donors (Lipinski definition) is 0. The Hall–Kier alpha value is -1.83. The highest BCUT2D eigenvalue weighted by molar-refractivity contribution is 5.68. The zero-order chi connectivity index (χ0) is 11.9. The maximum Gasteiger partial charge on any atom is 0.0372 e. The van der Waals surface area contributed by atoms with Crippen LogP contribution in [0.3, 0.4) is 0 Å². The molecule has 0 unspecified atom stereocenters. The number of hydrogen-bond acceptors (Lipinski definition) is 2. The third kappa shape index (κ3) is 1.69. The Morgan fingerprint density at radius 1 is 0.944 bits per heavy atom. The molecule has 1 aliphatic heterocycles. The van der Waals surface area contributed by atoms with E-state index in [4.69, 9.17) is 0 Å². The smallest absolute Gasteiger partial charge is 0.0372 e. The van der Waals surface area contributed by atoms with Crippen molar-refractivity contribution in [3.05, 3.63) is 48.8 Å². The Morgan fingerprint density at radius 3 is 2.50 bits per heavy atom. The van der Waals surface area contributed by atoms with Crippen LogP contribution in [0.25, 0.3) is 11.1 Å². The molecule has 0 bridgehead atoms. The number of aromatic nitrogens is 1. The summed E-state index contributed by atoms with van der Waals surface area (Å²) in [6, 6.07) is 13.0. The van der Waals surface area contributed by atoms with Gasteiger partial charge in [0.05, 0.1) is 0 Å². The van der Waals surface area contributed by atoms with Crippen LogP contribution in [0.4, 0.5) is 5.69 Å². The van der Waals surface area contributed by atoms with E-state index in [2.05, 4.69) is 46.3 Å². The highest BCUT2D eigenvalue weighted by atomic mass is 15.2. The zero-order valence-corrected chi connectivity index (χ0v) is 10.3. The second kappa shape index (κ2) is 3.84. The lowest BCUT2D eigenvalue weighted by atomic mass is 10.1. The van der Waals surface area contributed by atoms with E-state index in [1.807, 2.05) is 12.4 Å². The molecule has 0 N–H and O–H groups in total. The maximum atomic E-state index is 4.08. The maximum absolute atomic E-state index is 4.08. The molecular formula is C16H16N2. The predicted molar refractivity (Wildman–Crippen MR) is 73.5 cm³/mol. The normalized spacial score (nSPS) is 25.0. The molecule has 1 aromatic heterocycles. The summed E-state index contributed by atoms with van der Waals surface area (Å²) < 4.78 is 0. The highest BCUT2D eigenvalue weighted by Crippen LogP contribution is 2.46. The van der Waals surface area contributed by atoms with Crippen molar-refractivity contribution in [3.8, 4) is 11.1 Å². The fourth-order valence-corrected chi connectivity index (χ4v) is 3.04. The topological polar surface area (TPSA) is 16.1 Å². The summed E-state index contributed by atoms with van der Waals surface area (Å²) >= 11 is 0. The first-order chi connectivity index (χ1) is 8.90. The van der Waals surface area contributed by atoms with Crippen molar-refractivity contribution >= 4 is 5.69 Å². The number of anilines is 1. The standard InChI is InChI=1S/C16H16N2/c1-2-13(12-4-6-17-7-5-12)9-16(3-1)18-10-14-8-15(14)11-18/h1-7,9,14-15H,8,10-11H2/t14-,15+. The molecule has 18 heavy (non-hydrogen) atoms. The van der Waals surface area contributed by atoms with E-state index in [9.17, 15) is 0 Å². The van der Waals surface area contributed by atoms with Gasteiger partial charge in [0.25, 0.3) is 0 Å². The fourth-order valence-electron chi connectivity index (χ4n) is 3.04. The largest absolute Gasteiger partial charge is 0.371 e. The second-order valence-corrected chi connectivity index (χ2v) is 5.45. The van der Waals surface area contributed by atoms with E-state index in [1.165, 1.54) is 36.3 Å². The van der Waals surface area contributed by atoms with Gasteiger partial charge in [0.2, 0.25) is 0 Å². The van der Waals surface area contributed by atoms with Crippen LogP contribution < -0.4 is 4.90 Å². The summed E-state index contributed by atoms with van der Waals surface area (Å²) in [7, 11) is 0. The molecule has 0 radical (unpaired) electrons. The molecule has 2 heterocycles. The molecule has 90 valence electrons. The molecule has 2 fully saturated rings. The molecule has 0 amide bonds. The average molecular weight is 236 g/mol. The van der Waals surface area contributed by atoms with E-state index >= 15 is 0 Å². The van der Waals surface area contributed by atoms with E-state index in [0.717, 1.165) is 11.8 Å². The Bertz CT molecular complexity index is 554. The SMILES string of the molecule is c1cc(-c2ccncc2)cc(N2C[C@H]3C[C@H]3C2)c1. The summed E-state index contributed by atoms with van der Waals surface area (Å²) in [5.74, 6) is 1.96. The molecule has 1 saturated heterocycles. The summed E-state index contributed by atoms with van der Waals surface area (Å²) in [5, 5.41) is 0. The van der Waals surface area contributed by atoms with Crippen LogP contribution in [0.15, 0.2) is 48.8 Å². The molecule has 2 aliphatic rings. The lowest BCUT2D eigenvalue weighted by Crippen LogP contribution is -2.21. The summed E-state index contributed by atoms with van der Waals surface area (Å²) in [6.45, 7) is 2.51. The van der Waals surface area contributed by atoms with Gasteiger partial charge in [-0.3, -0.25) is 4.98 Å². The number of benzene rings is 1. The highest BCUT2D eigenvalue weighted by Gasteiger charge is 2.45. The van der Waals surface area contributed by atoms with Gasteiger partial charge in [0.1, 0.15) is 0 Å². The first kappa shape index (κ1) is 10.1. The fraction of sp³-hybridized carbons (Fsp3) is 0.312. The number of nitrogens with zero attached hydrogens (tertiary/aromatic N) is 2. The average Bonchev–Trinajstić information content (AvgIpc) is 3.06. The van der Waals surface area contributed by atoms with Gasteiger partial charge in [-0.15, -0.1) is 0 Å². The Balaban J connectivity index is 1.65. The van der Waals surface area contributed by atoms with Crippen LogP contribution in [0, 0.1) is 11.8 Å². The molecule has 2 heteroatoms. The van der Waals surface area contributed by atoms with Crippen LogP contribution in [-0.4, -0.2) is 18.1 Å². The lowest BCUT2D eigenvalue weighted by Gasteiger charge is -2.20. The van der Waals surface area contributed by atoms with Gasteiger partial charge in [-0.2, -0.15) is 0 Å². The quantitative estimate of drug-likeness (QED) is 0.796. The number of fused-ring (bicyclic) bond motifs is 1. The van der Waals surface area contributed by atoms with Crippen LogP contribution in [0.2, 0.25) is 0 Å². The third-order valence-electron chi connectivity index (χ3n) is 4.20. The first-order valence-corrected chi connectivity index (χ1v) is 6.65. The first-order valence-electron chi connectivity index (χ1n) is 6.65. The molecule has 1 aliphatic carbocycles. The van der Waals surface area contributed by atoms with Crippen LogP contribution in [0.5, 0.6) is 0 Å². The van der Waals surface area contributed by atoms with E-state index in [-0.39, 0.29) is 0 Å². The van der Waals surface area contributed by atoms with Gasteiger partial charge < -0.3 is 4.90 Å². The minimum absolute atomic E-state index is 0.981. The molecular weight excluding hydrogens is 220 g/mol. The van der Waals surface area contributed by atoms with E-state index in [0.29, 0.717) is 0 Å². The molecule has 2 atom stereocenters. The second-order valence-electron chi connectivity index (χ2n) is 5.45. The monoisotopic (exact) mass is 236 g/mol. The minimum Gasteiger partial charge on any atom is -0.371 e. The summed E-state index contributed by atoms with van der Waals surface area (Å²) in [4.78, 5) is 6.61. The Morgan fingerprint density at radius 2 is 1.72 bits per heavy atom. The number of piperidine rings is 1. The molecule has 0 spiro atoms.